The predicted molar refractivity (Wildman–Crippen MR) is 128 cm³/mol. The van der Waals surface area contributed by atoms with E-state index in [0.717, 1.165) is 58.0 Å². The van der Waals surface area contributed by atoms with Gasteiger partial charge < -0.3 is 15.5 Å². The summed E-state index contributed by atoms with van der Waals surface area (Å²) in [5, 5.41) is 6.18. The number of hydrogen-bond donors (Lipinski definition) is 2. The fourth-order valence-corrected chi connectivity index (χ4v) is 5.77. The van der Waals surface area contributed by atoms with E-state index in [2.05, 4.69) is 15.5 Å². The highest BCUT2D eigenvalue weighted by atomic mass is 16.2. The molecule has 3 amide bonds. The summed E-state index contributed by atoms with van der Waals surface area (Å²) < 4.78 is 0. The van der Waals surface area contributed by atoms with E-state index in [1.165, 1.54) is 6.42 Å². The molecule has 4 rings (SSSR count). The zero-order valence-electron chi connectivity index (χ0n) is 19.8. The van der Waals surface area contributed by atoms with E-state index in [0.29, 0.717) is 24.6 Å². The Morgan fingerprint density at radius 1 is 1.00 bits per heavy atom. The number of piperidine rings is 1. The third-order valence-corrected chi connectivity index (χ3v) is 7.52. The van der Waals surface area contributed by atoms with Crippen LogP contribution in [0.15, 0.2) is 30.3 Å². The van der Waals surface area contributed by atoms with E-state index in [1.807, 2.05) is 42.2 Å². The third kappa shape index (κ3) is 5.75. The number of nitrogens with one attached hydrogen (secondary N) is 2. The highest BCUT2D eigenvalue weighted by Crippen LogP contribution is 2.40. The van der Waals surface area contributed by atoms with Gasteiger partial charge in [0.05, 0.1) is 6.54 Å². The minimum Gasteiger partial charge on any atom is -0.355 e. The summed E-state index contributed by atoms with van der Waals surface area (Å²) in [5.74, 6) is 0.472. The molecule has 1 saturated carbocycles. The predicted octanol–water partition coefficient (Wildman–Crippen LogP) is 2.57. The second-order valence-electron chi connectivity index (χ2n) is 9.85. The summed E-state index contributed by atoms with van der Waals surface area (Å²) in [6.45, 7) is 4.78. The Bertz CT molecular complexity index is 822. The molecule has 7 nitrogen and oxygen atoms in total. The molecule has 2 aliphatic heterocycles. The van der Waals surface area contributed by atoms with Crippen molar-refractivity contribution in [1.82, 2.24) is 20.4 Å². The number of rotatable bonds is 7. The molecule has 0 spiro atoms. The maximum absolute atomic E-state index is 13.4. The Morgan fingerprint density at radius 2 is 1.73 bits per heavy atom. The van der Waals surface area contributed by atoms with Crippen LogP contribution >= 0.6 is 0 Å². The van der Waals surface area contributed by atoms with Crippen molar-refractivity contribution in [2.24, 2.45) is 5.92 Å². The van der Waals surface area contributed by atoms with Crippen molar-refractivity contribution in [2.45, 2.75) is 76.4 Å². The number of benzene rings is 1. The highest BCUT2D eigenvalue weighted by molar-refractivity contribution is 5.98. The van der Waals surface area contributed by atoms with Crippen molar-refractivity contribution in [3.8, 4) is 0 Å². The van der Waals surface area contributed by atoms with Crippen LogP contribution in [0.1, 0.15) is 68.6 Å². The van der Waals surface area contributed by atoms with E-state index in [-0.39, 0.29) is 35.8 Å². The molecule has 3 aliphatic rings. The van der Waals surface area contributed by atoms with E-state index in [9.17, 15) is 14.4 Å². The monoisotopic (exact) mass is 454 g/mol. The van der Waals surface area contributed by atoms with E-state index in [1.54, 1.807) is 0 Å². The number of fused-ring (bicyclic) bond motifs is 1. The van der Waals surface area contributed by atoms with Crippen LogP contribution in [0.5, 0.6) is 0 Å². The van der Waals surface area contributed by atoms with Gasteiger partial charge >= 0.3 is 0 Å². The van der Waals surface area contributed by atoms with Crippen molar-refractivity contribution in [3.63, 3.8) is 0 Å². The SMILES string of the molecule is CCCNC(=O)CN1CCC(NC(=O)C2CC3CCCCC3N2C(=O)c2ccccc2)CC1. The average molecular weight is 455 g/mol. The lowest BCUT2D eigenvalue weighted by molar-refractivity contribution is -0.127. The Labute approximate surface area is 197 Å². The van der Waals surface area contributed by atoms with Gasteiger partial charge in [0.15, 0.2) is 0 Å². The van der Waals surface area contributed by atoms with Gasteiger partial charge in [-0.1, -0.05) is 38.0 Å². The largest absolute Gasteiger partial charge is 0.355 e. The first kappa shape index (κ1) is 23.7. The second kappa shape index (κ2) is 11.1. The first-order valence-corrected chi connectivity index (χ1v) is 12.7. The standard InChI is InChI=1S/C26H38N4O3/c1-2-14-27-24(31)18-29-15-12-21(13-16-29)28-25(32)23-17-20-10-6-7-11-22(20)30(23)26(33)19-8-4-3-5-9-19/h3-5,8-9,20-23H,2,6-7,10-18H2,1H3,(H,27,31)(H,28,32). The molecule has 3 fully saturated rings. The van der Waals surface area contributed by atoms with Crippen LogP contribution in [0, 0.1) is 5.92 Å². The molecule has 0 radical (unpaired) electrons. The number of likely N-dealkylation sites (tertiary alicyclic amines) is 2. The molecule has 0 aromatic heterocycles. The summed E-state index contributed by atoms with van der Waals surface area (Å²) in [7, 11) is 0. The van der Waals surface area contributed by atoms with Gasteiger partial charge in [0.2, 0.25) is 11.8 Å². The van der Waals surface area contributed by atoms with Crippen LogP contribution in [-0.2, 0) is 9.59 Å². The smallest absolute Gasteiger partial charge is 0.254 e. The number of amides is 3. The van der Waals surface area contributed by atoms with Crippen LogP contribution in [0.2, 0.25) is 0 Å². The lowest BCUT2D eigenvalue weighted by Crippen LogP contribution is -2.53. The Kier molecular flexibility index (Phi) is 8.02. The minimum atomic E-state index is -0.386. The normalized spacial score (nSPS) is 26.0. The molecule has 1 aromatic rings. The molecule has 2 N–H and O–H groups in total. The number of hydrogen-bond acceptors (Lipinski definition) is 4. The quantitative estimate of drug-likeness (QED) is 0.664. The van der Waals surface area contributed by atoms with E-state index in [4.69, 9.17) is 0 Å². The van der Waals surface area contributed by atoms with Crippen LogP contribution in [0.4, 0.5) is 0 Å². The van der Waals surface area contributed by atoms with E-state index >= 15 is 0 Å². The molecular weight excluding hydrogens is 416 g/mol. The van der Waals surface area contributed by atoms with Gasteiger partial charge in [0, 0.05) is 37.3 Å². The van der Waals surface area contributed by atoms with Crippen LogP contribution in [-0.4, -0.2) is 71.8 Å². The van der Waals surface area contributed by atoms with Gasteiger partial charge in [-0.05, 0) is 56.6 Å². The maximum atomic E-state index is 13.4. The zero-order valence-corrected chi connectivity index (χ0v) is 19.8. The molecule has 3 unspecified atom stereocenters. The highest BCUT2D eigenvalue weighted by Gasteiger charge is 2.47. The van der Waals surface area contributed by atoms with Gasteiger partial charge in [-0.15, -0.1) is 0 Å². The van der Waals surface area contributed by atoms with Gasteiger partial charge in [-0.2, -0.15) is 0 Å². The number of carbonyl (C=O) groups is 3. The molecular formula is C26H38N4O3. The lowest BCUT2D eigenvalue weighted by Gasteiger charge is -2.35. The maximum Gasteiger partial charge on any atom is 0.254 e. The first-order valence-electron chi connectivity index (χ1n) is 12.7. The second-order valence-corrected chi connectivity index (χ2v) is 9.85. The summed E-state index contributed by atoms with van der Waals surface area (Å²) >= 11 is 0. The zero-order chi connectivity index (χ0) is 23.2. The van der Waals surface area contributed by atoms with Gasteiger partial charge in [-0.25, -0.2) is 0 Å². The first-order chi connectivity index (χ1) is 16.1. The summed E-state index contributed by atoms with van der Waals surface area (Å²) in [5.41, 5.74) is 0.663. The van der Waals surface area contributed by atoms with Crippen molar-refractivity contribution >= 4 is 17.7 Å². The van der Waals surface area contributed by atoms with Crippen molar-refractivity contribution in [2.75, 3.05) is 26.2 Å². The molecule has 0 bridgehead atoms. The molecule has 2 heterocycles. The third-order valence-electron chi connectivity index (χ3n) is 7.52. The Hall–Kier alpha value is -2.41. The molecule has 3 atom stereocenters. The number of nitrogens with zero attached hydrogens (tertiary/aromatic N) is 2. The van der Waals surface area contributed by atoms with Crippen molar-refractivity contribution in [1.29, 1.82) is 0 Å². The van der Waals surface area contributed by atoms with Gasteiger partial charge in [0.25, 0.3) is 5.91 Å². The molecule has 1 aliphatic carbocycles. The fraction of sp³-hybridized carbons (Fsp3) is 0.654. The Morgan fingerprint density at radius 3 is 2.45 bits per heavy atom. The molecule has 180 valence electrons. The van der Waals surface area contributed by atoms with Crippen LogP contribution in [0.3, 0.4) is 0 Å². The summed E-state index contributed by atoms with van der Waals surface area (Å²) in [6.07, 6.45) is 7.78. The Balaban J connectivity index is 1.35. The van der Waals surface area contributed by atoms with Gasteiger partial charge in [-0.3, -0.25) is 19.3 Å². The van der Waals surface area contributed by atoms with Gasteiger partial charge in [0.1, 0.15) is 6.04 Å². The van der Waals surface area contributed by atoms with Crippen LogP contribution < -0.4 is 10.6 Å². The summed E-state index contributed by atoms with van der Waals surface area (Å²) in [6, 6.07) is 9.26. The molecule has 2 saturated heterocycles. The molecule has 7 heteroatoms. The van der Waals surface area contributed by atoms with Crippen LogP contribution in [0.25, 0.3) is 0 Å². The molecule has 33 heavy (non-hydrogen) atoms. The topological polar surface area (TPSA) is 81.8 Å². The lowest BCUT2D eigenvalue weighted by atomic mass is 9.84. The summed E-state index contributed by atoms with van der Waals surface area (Å²) in [4.78, 5) is 42.9. The van der Waals surface area contributed by atoms with Crippen molar-refractivity contribution < 1.29 is 14.4 Å². The number of carbonyl (C=O) groups excluding carboxylic acids is 3. The average Bonchev–Trinajstić information content (AvgIpc) is 3.24. The molecule has 1 aromatic carbocycles. The van der Waals surface area contributed by atoms with Crippen molar-refractivity contribution in [3.05, 3.63) is 35.9 Å². The van der Waals surface area contributed by atoms with E-state index < -0.39 is 0 Å². The fourth-order valence-electron chi connectivity index (χ4n) is 5.77. The minimum absolute atomic E-state index is 0.00665.